The molecule has 9 heteroatoms. The van der Waals surface area contributed by atoms with Crippen LogP contribution in [0.15, 0.2) is 47.3 Å². The van der Waals surface area contributed by atoms with Crippen molar-refractivity contribution in [3.63, 3.8) is 0 Å². The van der Waals surface area contributed by atoms with E-state index in [0.29, 0.717) is 11.5 Å². The van der Waals surface area contributed by atoms with Crippen molar-refractivity contribution in [3.05, 3.63) is 48.6 Å². The molecule has 0 amide bonds. The maximum absolute atomic E-state index is 12.5. The first-order valence-electron chi connectivity index (χ1n) is 5.97. The predicted molar refractivity (Wildman–Crippen MR) is 66.8 cm³/mol. The fourth-order valence-corrected chi connectivity index (χ4v) is 1.62. The third kappa shape index (κ3) is 3.03. The molecule has 0 bridgehead atoms. The number of halogens is 3. The fraction of sp³-hybridized carbons (Fsp3) is 0.0769. The highest BCUT2D eigenvalue weighted by atomic mass is 19.4. The summed E-state index contributed by atoms with van der Waals surface area (Å²) in [6.45, 7) is 0. The molecule has 6 nitrogen and oxygen atoms in total. The summed E-state index contributed by atoms with van der Waals surface area (Å²) >= 11 is 0. The van der Waals surface area contributed by atoms with Crippen molar-refractivity contribution < 1.29 is 22.3 Å². The molecule has 0 saturated carbocycles. The smallest absolute Gasteiger partial charge is 0.424 e. The first kappa shape index (κ1) is 14.0. The number of rotatable bonds is 3. The van der Waals surface area contributed by atoms with Gasteiger partial charge in [0.15, 0.2) is 5.69 Å². The van der Waals surface area contributed by atoms with Gasteiger partial charge in [-0.1, -0.05) is 0 Å². The highest BCUT2D eigenvalue weighted by molar-refractivity contribution is 5.53. The molecule has 22 heavy (non-hydrogen) atoms. The van der Waals surface area contributed by atoms with E-state index in [4.69, 9.17) is 9.15 Å². The molecule has 2 aromatic heterocycles. The Morgan fingerprint density at radius 3 is 2.45 bits per heavy atom. The summed E-state index contributed by atoms with van der Waals surface area (Å²) in [5, 5.41) is 7.28. The van der Waals surface area contributed by atoms with Crippen LogP contribution in [0.2, 0.25) is 0 Å². The summed E-state index contributed by atoms with van der Waals surface area (Å²) in [6, 6.07) is 6.69. The SMILES string of the molecule is FC(F)(F)c1ccnc(Oc2ccc(-c3nnco3)cc2)n1. The van der Waals surface area contributed by atoms with E-state index in [1.807, 2.05) is 0 Å². The number of hydrogen-bond acceptors (Lipinski definition) is 6. The predicted octanol–water partition coefficient (Wildman–Crippen LogP) is 3.34. The molecule has 0 aliphatic carbocycles. The van der Waals surface area contributed by atoms with Gasteiger partial charge in [-0.3, -0.25) is 0 Å². The Morgan fingerprint density at radius 1 is 1.05 bits per heavy atom. The Labute approximate surface area is 121 Å². The molecular weight excluding hydrogens is 301 g/mol. The molecule has 0 saturated heterocycles. The van der Waals surface area contributed by atoms with E-state index in [9.17, 15) is 13.2 Å². The van der Waals surface area contributed by atoms with Gasteiger partial charge in [-0.15, -0.1) is 10.2 Å². The molecule has 2 heterocycles. The van der Waals surface area contributed by atoms with E-state index in [1.54, 1.807) is 12.1 Å². The van der Waals surface area contributed by atoms with Crippen LogP contribution >= 0.6 is 0 Å². The topological polar surface area (TPSA) is 73.9 Å². The third-order valence-electron chi connectivity index (χ3n) is 2.59. The first-order chi connectivity index (χ1) is 10.5. The van der Waals surface area contributed by atoms with Gasteiger partial charge >= 0.3 is 12.2 Å². The van der Waals surface area contributed by atoms with Crippen molar-refractivity contribution in [1.29, 1.82) is 0 Å². The molecule has 0 unspecified atom stereocenters. The van der Waals surface area contributed by atoms with Gasteiger partial charge in [0.25, 0.3) is 0 Å². The summed E-state index contributed by atoms with van der Waals surface area (Å²) in [4.78, 5) is 6.96. The minimum atomic E-state index is -4.55. The highest BCUT2D eigenvalue weighted by Gasteiger charge is 2.33. The van der Waals surface area contributed by atoms with Crippen LogP contribution < -0.4 is 4.74 Å². The number of benzene rings is 1. The zero-order valence-electron chi connectivity index (χ0n) is 10.8. The molecule has 112 valence electrons. The molecule has 0 aliphatic rings. The minimum Gasteiger partial charge on any atom is -0.424 e. The zero-order chi connectivity index (χ0) is 15.6. The molecule has 0 radical (unpaired) electrons. The summed E-state index contributed by atoms with van der Waals surface area (Å²) in [5.74, 6) is 0.601. The van der Waals surface area contributed by atoms with Gasteiger partial charge in [-0.05, 0) is 30.3 Å². The maximum Gasteiger partial charge on any atom is 0.433 e. The summed E-state index contributed by atoms with van der Waals surface area (Å²) in [7, 11) is 0. The lowest BCUT2D eigenvalue weighted by Gasteiger charge is -2.07. The molecule has 3 aromatic rings. The quantitative estimate of drug-likeness (QED) is 0.739. The summed E-state index contributed by atoms with van der Waals surface area (Å²) in [6.07, 6.45) is -2.38. The van der Waals surface area contributed by atoms with Crippen molar-refractivity contribution in [3.8, 4) is 23.2 Å². The molecule has 0 atom stereocenters. The van der Waals surface area contributed by atoms with Crippen LogP contribution in [0.1, 0.15) is 5.69 Å². The van der Waals surface area contributed by atoms with Gasteiger partial charge in [0.05, 0.1) is 0 Å². The van der Waals surface area contributed by atoms with Crippen molar-refractivity contribution >= 4 is 0 Å². The summed E-state index contributed by atoms with van der Waals surface area (Å²) < 4.78 is 47.9. The standard InChI is InChI=1S/C13H7F3N4O2/c14-13(15,16)10-5-6-17-12(19-10)22-9-3-1-8(2-4-9)11-20-18-7-21-11/h1-7H. The third-order valence-corrected chi connectivity index (χ3v) is 2.59. The molecule has 3 rings (SSSR count). The lowest BCUT2D eigenvalue weighted by atomic mass is 10.2. The van der Waals surface area contributed by atoms with Gasteiger partial charge in [-0.25, -0.2) is 4.98 Å². The molecule has 0 spiro atoms. The van der Waals surface area contributed by atoms with Crippen molar-refractivity contribution in [2.24, 2.45) is 0 Å². The summed E-state index contributed by atoms with van der Waals surface area (Å²) in [5.41, 5.74) is -0.421. The fourth-order valence-electron chi connectivity index (χ4n) is 1.62. The van der Waals surface area contributed by atoms with E-state index < -0.39 is 11.9 Å². The average Bonchev–Trinajstić information content (AvgIpc) is 3.02. The monoisotopic (exact) mass is 308 g/mol. The zero-order valence-corrected chi connectivity index (χ0v) is 10.8. The van der Waals surface area contributed by atoms with Crippen molar-refractivity contribution in [2.75, 3.05) is 0 Å². The first-order valence-corrected chi connectivity index (χ1v) is 5.97. The minimum absolute atomic E-state index is 0.280. The molecule has 1 aromatic carbocycles. The van der Waals surface area contributed by atoms with Crippen LogP contribution in [0.5, 0.6) is 11.8 Å². The lowest BCUT2D eigenvalue weighted by molar-refractivity contribution is -0.141. The Hall–Kier alpha value is -2.97. The van der Waals surface area contributed by atoms with Gasteiger partial charge < -0.3 is 9.15 Å². The molecule has 0 aliphatic heterocycles. The Bertz CT molecular complexity index is 758. The normalized spacial score (nSPS) is 11.4. The largest absolute Gasteiger partial charge is 0.433 e. The second-order valence-corrected chi connectivity index (χ2v) is 4.09. The van der Waals surface area contributed by atoms with Gasteiger partial charge in [0, 0.05) is 11.8 Å². The van der Waals surface area contributed by atoms with E-state index in [-0.39, 0.29) is 11.8 Å². The van der Waals surface area contributed by atoms with Crippen LogP contribution in [0, 0.1) is 0 Å². The van der Waals surface area contributed by atoms with Gasteiger partial charge in [-0.2, -0.15) is 18.2 Å². The number of ether oxygens (including phenoxy) is 1. The lowest BCUT2D eigenvalue weighted by Crippen LogP contribution is -2.08. The van der Waals surface area contributed by atoms with E-state index >= 15 is 0 Å². The van der Waals surface area contributed by atoms with Gasteiger partial charge in [0.1, 0.15) is 5.75 Å². The van der Waals surface area contributed by atoms with Gasteiger partial charge in [0.2, 0.25) is 12.3 Å². The van der Waals surface area contributed by atoms with Crippen LogP contribution in [0.3, 0.4) is 0 Å². The van der Waals surface area contributed by atoms with E-state index in [1.165, 1.54) is 18.5 Å². The van der Waals surface area contributed by atoms with Crippen LogP contribution in [-0.4, -0.2) is 20.2 Å². The van der Waals surface area contributed by atoms with E-state index in [0.717, 1.165) is 12.3 Å². The number of aromatic nitrogens is 4. The second kappa shape index (κ2) is 5.43. The van der Waals surface area contributed by atoms with Crippen molar-refractivity contribution in [1.82, 2.24) is 20.2 Å². The Balaban J connectivity index is 1.79. The molecule has 0 N–H and O–H groups in total. The van der Waals surface area contributed by atoms with Crippen LogP contribution in [-0.2, 0) is 6.18 Å². The van der Waals surface area contributed by atoms with E-state index in [2.05, 4.69) is 20.2 Å². The van der Waals surface area contributed by atoms with Crippen molar-refractivity contribution in [2.45, 2.75) is 6.18 Å². The number of hydrogen-bond donors (Lipinski definition) is 0. The second-order valence-electron chi connectivity index (χ2n) is 4.09. The Kier molecular flexibility index (Phi) is 3.45. The molecule has 0 fully saturated rings. The highest BCUT2D eigenvalue weighted by Crippen LogP contribution is 2.29. The molecular formula is C13H7F3N4O2. The maximum atomic E-state index is 12.5. The van der Waals surface area contributed by atoms with Crippen LogP contribution in [0.4, 0.5) is 13.2 Å². The Morgan fingerprint density at radius 2 is 1.82 bits per heavy atom. The number of alkyl halides is 3. The van der Waals surface area contributed by atoms with Crippen LogP contribution in [0.25, 0.3) is 11.5 Å². The number of nitrogens with zero attached hydrogens (tertiary/aromatic N) is 4. The average molecular weight is 308 g/mol.